The van der Waals surface area contributed by atoms with Gasteiger partial charge in [-0.15, -0.1) is 0 Å². The number of urea groups is 1. The number of hydrogen-bond acceptors (Lipinski definition) is 5. The molecule has 2 heterocycles. The smallest absolute Gasteiger partial charge is 0.315 e. The number of anilines is 1. The monoisotopic (exact) mass is 328 g/mol. The second kappa shape index (κ2) is 8.05. The molecule has 1 aromatic carbocycles. The highest BCUT2D eigenvalue weighted by Gasteiger charge is 2.11. The minimum absolute atomic E-state index is 0.215. The van der Waals surface area contributed by atoms with E-state index < -0.39 is 0 Å². The molecule has 3 N–H and O–H groups in total. The number of hydrogen-bond donors (Lipinski definition) is 3. The van der Waals surface area contributed by atoms with Crippen molar-refractivity contribution in [3.63, 3.8) is 0 Å². The first-order valence-electron chi connectivity index (χ1n) is 7.86. The van der Waals surface area contributed by atoms with E-state index in [1.165, 1.54) is 0 Å². The third-order valence-electron chi connectivity index (χ3n) is 3.44. The number of aromatic nitrogens is 1. The molecule has 7 nitrogen and oxygen atoms in total. The summed E-state index contributed by atoms with van der Waals surface area (Å²) in [6.07, 6.45) is 1.72. The molecular formula is C17H20N4O3. The maximum atomic E-state index is 11.8. The van der Waals surface area contributed by atoms with Gasteiger partial charge in [0.1, 0.15) is 19.0 Å². The number of rotatable bonds is 6. The molecule has 0 atom stereocenters. The minimum atomic E-state index is -0.215. The highest BCUT2D eigenvalue weighted by molar-refractivity contribution is 5.73. The molecule has 0 fully saturated rings. The van der Waals surface area contributed by atoms with Crippen LogP contribution in [0.15, 0.2) is 42.6 Å². The van der Waals surface area contributed by atoms with Crippen LogP contribution in [0.1, 0.15) is 5.56 Å². The Morgan fingerprint density at radius 3 is 2.75 bits per heavy atom. The molecular weight excluding hydrogens is 308 g/mol. The van der Waals surface area contributed by atoms with Crippen molar-refractivity contribution in [2.24, 2.45) is 0 Å². The summed E-state index contributed by atoms with van der Waals surface area (Å²) in [4.78, 5) is 15.9. The van der Waals surface area contributed by atoms with Crippen molar-refractivity contribution in [2.45, 2.75) is 6.54 Å². The van der Waals surface area contributed by atoms with Crippen LogP contribution in [-0.4, -0.2) is 37.3 Å². The van der Waals surface area contributed by atoms with E-state index in [0.29, 0.717) is 32.8 Å². The van der Waals surface area contributed by atoms with E-state index in [2.05, 4.69) is 20.9 Å². The van der Waals surface area contributed by atoms with E-state index >= 15 is 0 Å². The van der Waals surface area contributed by atoms with Crippen molar-refractivity contribution in [1.29, 1.82) is 0 Å². The zero-order valence-corrected chi connectivity index (χ0v) is 13.2. The van der Waals surface area contributed by atoms with Crippen molar-refractivity contribution in [1.82, 2.24) is 15.6 Å². The van der Waals surface area contributed by atoms with Crippen LogP contribution in [0.2, 0.25) is 0 Å². The molecule has 2 amide bonds. The molecule has 1 aliphatic heterocycles. The Bertz CT molecular complexity index is 679. The number of ether oxygens (including phenoxy) is 2. The lowest BCUT2D eigenvalue weighted by atomic mass is 10.2. The van der Waals surface area contributed by atoms with Gasteiger partial charge >= 0.3 is 6.03 Å². The number of amides is 2. The Balaban J connectivity index is 1.36. The van der Waals surface area contributed by atoms with E-state index in [4.69, 9.17) is 9.47 Å². The van der Waals surface area contributed by atoms with Gasteiger partial charge in [0.15, 0.2) is 11.5 Å². The number of fused-ring (bicyclic) bond motifs is 1. The predicted molar refractivity (Wildman–Crippen MR) is 90.4 cm³/mol. The average Bonchev–Trinajstić information content (AvgIpc) is 2.64. The molecule has 1 aromatic heterocycles. The summed E-state index contributed by atoms with van der Waals surface area (Å²) in [5, 5.41) is 8.73. The van der Waals surface area contributed by atoms with Crippen molar-refractivity contribution < 1.29 is 14.3 Å². The van der Waals surface area contributed by atoms with Crippen LogP contribution in [0.3, 0.4) is 0 Å². The van der Waals surface area contributed by atoms with E-state index in [1.54, 1.807) is 6.20 Å². The molecule has 0 spiro atoms. The fourth-order valence-electron chi connectivity index (χ4n) is 2.28. The number of benzene rings is 1. The molecule has 0 saturated heterocycles. The molecule has 7 heteroatoms. The number of carbonyl (C=O) groups is 1. The zero-order chi connectivity index (χ0) is 16.6. The second-order valence-electron chi connectivity index (χ2n) is 5.23. The third kappa shape index (κ3) is 4.52. The average molecular weight is 328 g/mol. The topological polar surface area (TPSA) is 84.5 Å². The first-order chi connectivity index (χ1) is 11.8. The van der Waals surface area contributed by atoms with Crippen LogP contribution in [-0.2, 0) is 6.54 Å². The van der Waals surface area contributed by atoms with E-state index in [-0.39, 0.29) is 6.03 Å². The molecule has 0 aliphatic carbocycles. The lowest BCUT2D eigenvalue weighted by Gasteiger charge is -2.19. The number of nitrogens with one attached hydrogen (secondary N) is 3. The number of carbonyl (C=O) groups excluding carboxylic acids is 1. The van der Waals surface area contributed by atoms with Gasteiger partial charge < -0.3 is 25.4 Å². The Kier molecular flexibility index (Phi) is 5.34. The normalized spacial score (nSPS) is 12.3. The van der Waals surface area contributed by atoms with Crippen LogP contribution in [0, 0.1) is 0 Å². The van der Waals surface area contributed by atoms with E-state index in [0.717, 1.165) is 22.9 Å². The summed E-state index contributed by atoms with van der Waals surface area (Å²) in [5.41, 5.74) is 0.959. The molecule has 3 rings (SSSR count). The minimum Gasteiger partial charge on any atom is -0.486 e. The molecule has 0 saturated carbocycles. The summed E-state index contributed by atoms with van der Waals surface area (Å²) in [7, 11) is 0. The number of nitrogens with zero attached hydrogens (tertiary/aromatic N) is 1. The first-order valence-corrected chi connectivity index (χ1v) is 7.86. The van der Waals surface area contributed by atoms with Gasteiger partial charge in [0.2, 0.25) is 0 Å². The Morgan fingerprint density at radius 1 is 1.04 bits per heavy atom. The van der Waals surface area contributed by atoms with Crippen molar-refractivity contribution >= 4 is 11.8 Å². The second-order valence-corrected chi connectivity index (χ2v) is 5.23. The van der Waals surface area contributed by atoms with Gasteiger partial charge in [0.25, 0.3) is 0 Å². The van der Waals surface area contributed by atoms with Crippen molar-refractivity contribution in [3.8, 4) is 11.5 Å². The SMILES string of the molecule is O=C(NCCNc1ccccn1)NCc1ccc2c(c1)OCCO2. The summed E-state index contributed by atoms with van der Waals surface area (Å²) < 4.78 is 11.0. The first kappa shape index (κ1) is 15.9. The summed E-state index contributed by atoms with van der Waals surface area (Å²) in [6.45, 7) is 2.65. The molecule has 0 radical (unpaired) electrons. The van der Waals surface area contributed by atoms with Gasteiger partial charge in [-0.05, 0) is 29.8 Å². The molecule has 1 aliphatic rings. The quantitative estimate of drug-likeness (QED) is 0.704. The molecule has 2 aromatic rings. The van der Waals surface area contributed by atoms with Crippen molar-refractivity contribution in [2.75, 3.05) is 31.6 Å². The highest BCUT2D eigenvalue weighted by atomic mass is 16.6. The Morgan fingerprint density at radius 2 is 1.92 bits per heavy atom. The fraction of sp³-hybridized carbons (Fsp3) is 0.294. The Labute approximate surface area is 140 Å². The highest BCUT2D eigenvalue weighted by Crippen LogP contribution is 2.30. The fourth-order valence-corrected chi connectivity index (χ4v) is 2.28. The Hall–Kier alpha value is -2.96. The van der Waals surface area contributed by atoms with Gasteiger partial charge in [-0.25, -0.2) is 9.78 Å². The zero-order valence-electron chi connectivity index (χ0n) is 13.2. The lowest BCUT2D eigenvalue weighted by molar-refractivity contribution is 0.171. The summed E-state index contributed by atoms with van der Waals surface area (Å²) in [5.74, 6) is 2.26. The van der Waals surface area contributed by atoms with Gasteiger partial charge in [0.05, 0.1) is 0 Å². The van der Waals surface area contributed by atoms with Gasteiger partial charge in [-0.3, -0.25) is 0 Å². The standard InChI is InChI=1S/C17H20N4O3/c22-17(20-8-7-19-16-3-1-2-6-18-16)21-12-13-4-5-14-15(11-13)24-10-9-23-14/h1-6,11H,7-10,12H2,(H,18,19)(H2,20,21,22). The van der Waals surface area contributed by atoms with E-state index in [1.807, 2.05) is 36.4 Å². The lowest BCUT2D eigenvalue weighted by Crippen LogP contribution is -2.37. The van der Waals surface area contributed by atoms with Crippen LogP contribution in [0.25, 0.3) is 0 Å². The maximum absolute atomic E-state index is 11.8. The van der Waals surface area contributed by atoms with Crippen LogP contribution >= 0.6 is 0 Å². The molecule has 126 valence electrons. The van der Waals surface area contributed by atoms with Crippen LogP contribution in [0.5, 0.6) is 11.5 Å². The van der Waals surface area contributed by atoms with Crippen molar-refractivity contribution in [3.05, 3.63) is 48.2 Å². The van der Waals surface area contributed by atoms with Gasteiger partial charge in [0, 0.05) is 25.8 Å². The van der Waals surface area contributed by atoms with Gasteiger partial charge in [-0.1, -0.05) is 12.1 Å². The van der Waals surface area contributed by atoms with Crippen LogP contribution in [0.4, 0.5) is 10.6 Å². The van der Waals surface area contributed by atoms with Crippen LogP contribution < -0.4 is 25.4 Å². The van der Waals surface area contributed by atoms with E-state index in [9.17, 15) is 4.79 Å². The molecule has 0 bridgehead atoms. The summed E-state index contributed by atoms with van der Waals surface area (Å²) >= 11 is 0. The maximum Gasteiger partial charge on any atom is 0.315 e. The molecule has 24 heavy (non-hydrogen) atoms. The predicted octanol–water partition coefficient (Wildman–Crippen LogP) is 1.76. The number of pyridine rings is 1. The molecule has 0 unspecified atom stereocenters. The van der Waals surface area contributed by atoms with Gasteiger partial charge in [-0.2, -0.15) is 0 Å². The summed E-state index contributed by atoms with van der Waals surface area (Å²) in [6, 6.07) is 11.1. The largest absolute Gasteiger partial charge is 0.486 e. The third-order valence-corrected chi connectivity index (χ3v) is 3.44.